The van der Waals surface area contributed by atoms with Crippen molar-refractivity contribution in [1.82, 2.24) is 5.32 Å². The molecule has 0 saturated carbocycles. The summed E-state index contributed by atoms with van der Waals surface area (Å²) >= 11 is 1.74. The molecule has 0 fully saturated rings. The molecule has 3 aromatic carbocycles. The monoisotopic (exact) mass is 395 g/mol. The van der Waals surface area contributed by atoms with Gasteiger partial charge in [-0.25, -0.2) is 0 Å². The number of hydrogen-bond donors (Lipinski definition) is 1. The van der Waals surface area contributed by atoms with Gasteiger partial charge in [-0.05, 0) is 54.1 Å². The first-order valence-electron chi connectivity index (χ1n) is 9.16. The molecule has 0 aliphatic heterocycles. The molecular formula is C23H25NO3S. The molecule has 0 unspecified atom stereocenters. The summed E-state index contributed by atoms with van der Waals surface area (Å²) in [5, 5.41) is 3.46. The van der Waals surface area contributed by atoms with E-state index in [9.17, 15) is 0 Å². The van der Waals surface area contributed by atoms with E-state index in [4.69, 9.17) is 14.2 Å². The smallest absolute Gasteiger partial charge is 0.119 e. The molecule has 1 N–H and O–H groups in total. The Kier molecular flexibility index (Phi) is 7.64. The van der Waals surface area contributed by atoms with E-state index in [1.54, 1.807) is 26.0 Å². The van der Waals surface area contributed by atoms with E-state index in [0.717, 1.165) is 35.2 Å². The third-order valence-corrected chi connectivity index (χ3v) is 5.27. The summed E-state index contributed by atoms with van der Waals surface area (Å²) in [5.41, 5.74) is 1.26. The van der Waals surface area contributed by atoms with Gasteiger partial charge in [-0.1, -0.05) is 36.0 Å². The van der Waals surface area contributed by atoms with Crippen molar-refractivity contribution in [2.24, 2.45) is 0 Å². The minimum atomic E-state index is 0.609. The van der Waals surface area contributed by atoms with Crippen LogP contribution in [-0.4, -0.2) is 27.4 Å². The molecule has 0 aromatic heterocycles. The van der Waals surface area contributed by atoms with Crippen LogP contribution < -0.4 is 19.5 Å². The lowest BCUT2D eigenvalue weighted by Gasteiger charge is -2.12. The Morgan fingerprint density at radius 1 is 0.786 bits per heavy atom. The third kappa shape index (κ3) is 5.94. The normalized spacial score (nSPS) is 10.5. The zero-order chi connectivity index (χ0) is 19.6. The fraction of sp³-hybridized carbons (Fsp3) is 0.217. The van der Waals surface area contributed by atoms with Crippen LogP contribution in [0.2, 0.25) is 0 Å². The molecule has 0 heterocycles. The van der Waals surface area contributed by atoms with Crippen molar-refractivity contribution in [2.75, 3.05) is 27.4 Å². The molecule has 0 saturated heterocycles. The number of benzene rings is 3. The standard InChI is InChI=1S/C23H25NO3S/c1-25-19-10-12-20(13-11-19)27-15-14-24-17-18-6-3-4-9-23(18)28-22-8-5-7-21(16-22)26-2/h3-13,16,24H,14-15,17H2,1-2H3. The van der Waals surface area contributed by atoms with Crippen LogP contribution in [0.15, 0.2) is 82.6 Å². The molecule has 28 heavy (non-hydrogen) atoms. The average molecular weight is 396 g/mol. The summed E-state index contributed by atoms with van der Waals surface area (Å²) in [5.74, 6) is 2.54. The van der Waals surface area contributed by atoms with Gasteiger partial charge in [0.15, 0.2) is 0 Å². The first-order chi connectivity index (χ1) is 13.8. The fourth-order valence-electron chi connectivity index (χ4n) is 2.68. The van der Waals surface area contributed by atoms with Crippen LogP contribution in [-0.2, 0) is 6.54 Å². The highest BCUT2D eigenvalue weighted by atomic mass is 32.2. The van der Waals surface area contributed by atoms with Gasteiger partial charge < -0.3 is 19.5 Å². The zero-order valence-corrected chi connectivity index (χ0v) is 17.0. The van der Waals surface area contributed by atoms with Crippen LogP contribution in [0.25, 0.3) is 0 Å². The lowest BCUT2D eigenvalue weighted by molar-refractivity contribution is 0.312. The summed E-state index contributed by atoms with van der Waals surface area (Å²) < 4.78 is 16.2. The van der Waals surface area contributed by atoms with Crippen molar-refractivity contribution in [2.45, 2.75) is 16.3 Å². The van der Waals surface area contributed by atoms with Crippen molar-refractivity contribution in [3.05, 3.63) is 78.4 Å². The van der Waals surface area contributed by atoms with E-state index in [1.807, 2.05) is 36.4 Å². The summed E-state index contributed by atoms with van der Waals surface area (Å²) in [6, 6.07) is 24.2. The Hall–Kier alpha value is -2.63. The first-order valence-corrected chi connectivity index (χ1v) is 9.97. The van der Waals surface area contributed by atoms with Gasteiger partial charge in [0, 0.05) is 22.9 Å². The van der Waals surface area contributed by atoms with Gasteiger partial charge in [0.2, 0.25) is 0 Å². The minimum absolute atomic E-state index is 0.609. The molecule has 5 heteroatoms. The maximum absolute atomic E-state index is 5.76. The fourth-order valence-corrected chi connectivity index (χ4v) is 3.67. The molecule has 0 bridgehead atoms. The molecule has 0 amide bonds. The molecule has 146 valence electrons. The SMILES string of the molecule is COc1ccc(OCCNCc2ccccc2Sc2cccc(OC)c2)cc1. The Bertz CT molecular complexity index is 868. The number of rotatable bonds is 10. The Morgan fingerprint density at radius 3 is 2.32 bits per heavy atom. The molecule has 0 aliphatic carbocycles. The Morgan fingerprint density at radius 2 is 1.54 bits per heavy atom. The van der Waals surface area contributed by atoms with E-state index in [-0.39, 0.29) is 0 Å². The highest BCUT2D eigenvalue weighted by Crippen LogP contribution is 2.32. The second kappa shape index (κ2) is 10.6. The van der Waals surface area contributed by atoms with Crippen LogP contribution in [0, 0.1) is 0 Å². The van der Waals surface area contributed by atoms with Gasteiger partial charge in [0.05, 0.1) is 14.2 Å². The average Bonchev–Trinajstić information content (AvgIpc) is 2.75. The van der Waals surface area contributed by atoms with E-state index in [0.29, 0.717) is 6.61 Å². The molecule has 3 rings (SSSR count). The molecule has 0 atom stereocenters. The summed E-state index contributed by atoms with van der Waals surface area (Å²) in [7, 11) is 3.35. The Balaban J connectivity index is 1.49. The van der Waals surface area contributed by atoms with Gasteiger partial charge in [-0.3, -0.25) is 0 Å². The summed E-state index contributed by atoms with van der Waals surface area (Å²) in [6.45, 7) is 2.17. The lowest BCUT2D eigenvalue weighted by Crippen LogP contribution is -2.20. The third-order valence-electron chi connectivity index (χ3n) is 4.16. The molecular weight excluding hydrogens is 370 g/mol. The number of methoxy groups -OCH3 is 2. The zero-order valence-electron chi connectivity index (χ0n) is 16.2. The van der Waals surface area contributed by atoms with Crippen LogP contribution in [0.3, 0.4) is 0 Å². The molecule has 4 nitrogen and oxygen atoms in total. The number of ether oxygens (including phenoxy) is 3. The van der Waals surface area contributed by atoms with Gasteiger partial charge in [0.25, 0.3) is 0 Å². The van der Waals surface area contributed by atoms with E-state index < -0.39 is 0 Å². The van der Waals surface area contributed by atoms with E-state index in [1.165, 1.54) is 10.5 Å². The van der Waals surface area contributed by atoms with Crippen molar-refractivity contribution in [3.63, 3.8) is 0 Å². The minimum Gasteiger partial charge on any atom is -0.497 e. The van der Waals surface area contributed by atoms with Crippen molar-refractivity contribution >= 4 is 11.8 Å². The summed E-state index contributed by atoms with van der Waals surface area (Å²) in [4.78, 5) is 2.40. The van der Waals surface area contributed by atoms with Crippen LogP contribution >= 0.6 is 11.8 Å². The molecule has 0 aliphatic rings. The predicted octanol–water partition coefficient (Wildman–Crippen LogP) is 5.02. The second-order valence-electron chi connectivity index (χ2n) is 6.09. The first kappa shape index (κ1) is 20.1. The van der Waals surface area contributed by atoms with Crippen LogP contribution in [0.5, 0.6) is 17.2 Å². The van der Waals surface area contributed by atoms with E-state index >= 15 is 0 Å². The van der Waals surface area contributed by atoms with Crippen LogP contribution in [0.1, 0.15) is 5.56 Å². The maximum Gasteiger partial charge on any atom is 0.119 e. The summed E-state index contributed by atoms with van der Waals surface area (Å²) in [6.07, 6.45) is 0. The molecule has 0 spiro atoms. The quantitative estimate of drug-likeness (QED) is 0.488. The maximum atomic E-state index is 5.76. The van der Waals surface area contributed by atoms with Gasteiger partial charge in [0.1, 0.15) is 23.9 Å². The second-order valence-corrected chi connectivity index (χ2v) is 7.20. The topological polar surface area (TPSA) is 39.7 Å². The van der Waals surface area contributed by atoms with Gasteiger partial charge in [-0.2, -0.15) is 0 Å². The van der Waals surface area contributed by atoms with Crippen molar-refractivity contribution < 1.29 is 14.2 Å². The highest BCUT2D eigenvalue weighted by molar-refractivity contribution is 7.99. The highest BCUT2D eigenvalue weighted by Gasteiger charge is 2.05. The van der Waals surface area contributed by atoms with Crippen molar-refractivity contribution in [3.8, 4) is 17.2 Å². The van der Waals surface area contributed by atoms with Gasteiger partial charge >= 0.3 is 0 Å². The predicted molar refractivity (Wildman–Crippen MR) is 114 cm³/mol. The largest absolute Gasteiger partial charge is 0.497 e. The molecule has 3 aromatic rings. The van der Waals surface area contributed by atoms with Crippen LogP contribution in [0.4, 0.5) is 0 Å². The molecule has 0 radical (unpaired) electrons. The number of nitrogens with one attached hydrogen (secondary N) is 1. The van der Waals surface area contributed by atoms with E-state index in [2.05, 4.69) is 41.7 Å². The lowest BCUT2D eigenvalue weighted by atomic mass is 10.2. The van der Waals surface area contributed by atoms with Crippen molar-refractivity contribution in [1.29, 1.82) is 0 Å². The Labute approximate surface area is 170 Å². The van der Waals surface area contributed by atoms with Gasteiger partial charge in [-0.15, -0.1) is 0 Å². The number of hydrogen-bond acceptors (Lipinski definition) is 5.